The number of anilines is 1. The zero-order valence-corrected chi connectivity index (χ0v) is 8.93. The second kappa shape index (κ2) is 3.75. The highest BCUT2D eigenvalue weighted by molar-refractivity contribution is 7.09. The highest BCUT2D eigenvalue weighted by Gasteiger charge is 2.04. The maximum atomic E-state index is 4.32. The van der Waals surface area contributed by atoms with Crippen LogP contribution in [0.5, 0.6) is 0 Å². The molecule has 14 heavy (non-hydrogen) atoms. The first kappa shape index (κ1) is 9.15. The van der Waals surface area contributed by atoms with Crippen LogP contribution in [0, 0.1) is 6.92 Å². The normalized spacial score (nSPS) is 10.1. The Morgan fingerprint density at radius 2 is 1.93 bits per heavy atom. The fourth-order valence-electron chi connectivity index (χ4n) is 1.14. The van der Waals surface area contributed by atoms with E-state index < -0.39 is 0 Å². The van der Waals surface area contributed by atoms with Crippen LogP contribution in [0.15, 0.2) is 24.3 Å². The lowest BCUT2D eigenvalue weighted by molar-refractivity contribution is 1.30. The summed E-state index contributed by atoms with van der Waals surface area (Å²) in [7, 11) is 1.85. The minimum Gasteiger partial charge on any atom is -0.363 e. The molecule has 72 valence electrons. The molecular weight excluding hydrogens is 194 g/mol. The molecule has 0 atom stereocenters. The van der Waals surface area contributed by atoms with E-state index in [9.17, 15) is 0 Å². The van der Waals surface area contributed by atoms with Gasteiger partial charge in [0.2, 0.25) is 5.13 Å². The predicted octanol–water partition coefficient (Wildman–Crippen LogP) is 2.56. The number of hydrogen-bond acceptors (Lipinski definition) is 4. The average molecular weight is 205 g/mol. The summed E-state index contributed by atoms with van der Waals surface area (Å²) in [6.07, 6.45) is 0. The van der Waals surface area contributed by atoms with Crippen molar-refractivity contribution in [3.63, 3.8) is 0 Å². The maximum Gasteiger partial charge on any atom is 0.202 e. The number of nitrogens with zero attached hydrogens (tertiary/aromatic N) is 2. The van der Waals surface area contributed by atoms with Crippen LogP contribution < -0.4 is 5.32 Å². The maximum absolute atomic E-state index is 4.32. The molecule has 0 aliphatic heterocycles. The number of hydrogen-bond donors (Lipinski definition) is 1. The topological polar surface area (TPSA) is 37.8 Å². The Kier molecular flexibility index (Phi) is 2.45. The van der Waals surface area contributed by atoms with Crippen LogP contribution in [0.4, 0.5) is 5.13 Å². The van der Waals surface area contributed by atoms with Gasteiger partial charge in [0.1, 0.15) is 0 Å². The molecule has 0 spiro atoms. The molecule has 2 aromatic rings. The summed E-state index contributed by atoms with van der Waals surface area (Å²) in [5.41, 5.74) is 2.31. The van der Waals surface area contributed by atoms with Gasteiger partial charge in [0.25, 0.3) is 0 Å². The molecule has 2 rings (SSSR count). The number of nitrogens with one attached hydrogen (secondary N) is 1. The zero-order chi connectivity index (χ0) is 9.97. The molecule has 0 bridgehead atoms. The van der Waals surface area contributed by atoms with Crippen molar-refractivity contribution in [2.45, 2.75) is 6.92 Å². The highest BCUT2D eigenvalue weighted by Crippen LogP contribution is 2.20. The summed E-state index contributed by atoms with van der Waals surface area (Å²) in [4.78, 5) is 4.32. The third-order valence-electron chi connectivity index (χ3n) is 1.95. The molecule has 1 N–H and O–H groups in total. The van der Waals surface area contributed by atoms with Crippen LogP contribution in [-0.2, 0) is 0 Å². The van der Waals surface area contributed by atoms with Crippen molar-refractivity contribution < 1.29 is 0 Å². The lowest BCUT2D eigenvalue weighted by Crippen LogP contribution is -1.86. The molecule has 4 heteroatoms. The molecule has 0 saturated heterocycles. The van der Waals surface area contributed by atoms with Crippen LogP contribution >= 0.6 is 11.5 Å². The smallest absolute Gasteiger partial charge is 0.202 e. The van der Waals surface area contributed by atoms with Gasteiger partial charge in [-0.25, -0.2) is 0 Å². The second-order valence-corrected chi connectivity index (χ2v) is 3.79. The van der Waals surface area contributed by atoms with Gasteiger partial charge in [0, 0.05) is 24.1 Å². The van der Waals surface area contributed by atoms with Gasteiger partial charge in [-0.2, -0.15) is 9.36 Å². The number of rotatable bonds is 2. The van der Waals surface area contributed by atoms with Gasteiger partial charge in [-0.05, 0) is 6.92 Å². The van der Waals surface area contributed by atoms with Crippen molar-refractivity contribution in [3.05, 3.63) is 29.8 Å². The Morgan fingerprint density at radius 3 is 2.50 bits per heavy atom. The van der Waals surface area contributed by atoms with E-state index in [0.29, 0.717) is 0 Å². The van der Waals surface area contributed by atoms with E-state index in [-0.39, 0.29) is 0 Å². The summed E-state index contributed by atoms with van der Waals surface area (Å²) in [6, 6.07) is 8.21. The van der Waals surface area contributed by atoms with E-state index in [0.717, 1.165) is 16.5 Å². The molecule has 3 nitrogen and oxygen atoms in total. The first-order chi connectivity index (χ1) is 6.79. The van der Waals surface area contributed by atoms with Gasteiger partial charge >= 0.3 is 0 Å². The third-order valence-corrected chi connectivity index (χ3v) is 2.68. The van der Waals surface area contributed by atoms with Crippen LogP contribution in [0.1, 0.15) is 5.56 Å². The fourth-order valence-corrected chi connectivity index (χ4v) is 1.68. The quantitative estimate of drug-likeness (QED) is 0.818. The lowest BCUT2D eigenvalue weighted by Gasteiger charge is -1.95. The first-order valence-corrected chi connectivity index (χ1v) is 5.15. The van der Waals surface area contributed by atoms with E-state index in [1.807, 2.05) is 19.2 Å². The monoisotopic (exact) mass is 205 g/mol. The van der Waals surface area contributed by atoms with Gasteiger partial charge < -0.3 is 5.32 Å². The average Bonchev–Trinajstić information content (AvgIpc) is 2.67. The second-order valence-electron chi connectivity index (χ2n) is 3.04. The van der Waals surface area contributed by atoms with Gasteiger partial charge in [-0.1, -0.05) is 29.8 Å². The molecule has 1 heterocycles. The van der Waals surface area contributed by atoms with Crippen molar-refractivity contribution >= 4 is 16.7 Å². The molecule has 0 unspecified atom stereocenters. The Balaban J connectivity index is 2.34. The van der Waals surface area contributed by atoms with E-state index in [2.05, 4.69) is 33.7 Å². The Morgan fingerprint density at radius 1 is 1.21 bits per heavy atom. The van der Waals surface area contributed by atoms with E-state index >= 15 is 0 Å². The van der Waals surface area contributed by atoms with E-state index in [1.54, 1.807) is 0 Å². The lowest BCUT2D eigenvalue weighted by atomic mass is 10.1. The van der Waals surface area contributed by atoms with Crippen LogP contribution in [0.3, 0.4) is 0 Å². The minimum atomic E-state index is 0.791. The molecule has 0 amide bonds. The number of benzene rings is 1. The highest BCUT2D eigenvalue weighted by atomic mass is 32.1. The van der Waals surface area contributed by atoms with Gasteiger partial charge in [0.05, 0.1) is 0 Å². The fraction of sp³-hybridized carbons (Fsp3) is 0.200. The molecule has 1 aromatic carbocycles. The molecule has 1 aromatic heterocycles. The summed E-state index contributed by atoms with van der Waals surface area (Å²) < 4.78 is 4.25. The summed E-state index contributed by atoms with van der Waals surface area (Å²) in [5, 5.41) is 3.82. The van der Waals surface area contributed by atoms with Crippen molar-refractivity contribution in [1.82, 2.24) is 9.36 Å². The van der Waals surface area contributed by atoms with Crippen molar-refractivity contribution in [3.8, 4) is 11.4 Å². The Bertz CT molecular complexity index is 419. The number of aromatic nitrogens is 2. The SMILES string of the molecule is CNc1nc(-c2ccc(C)cc2)ns1. The Labute approximate surface area is 87.0 Å². The summed E-state index contributed by atoms with van der Waals surface area (Å²) in [6.45, 7) is 2.07. The standard InChI is InChI=1S/C10H11N3S/c1-7-3-5-8(6-4-7)9-12-10(11-2)14-13-9/h3-6H,1-2H3,(H,11,12,13). The van der Waals surface area contributed by atoms with Crippen molar-refractivity contribution in [2.75, 3.05) is 12.4 Å². The molecule has 0 fully saturated rings. The van der Waals surface area contributed by atoms with E-state index in [1.165, 1.54) is 17.1 Å². The minimum absolute atomic E-state index is 0.791. The summed E-state index contributed by atoms with van der Waals surface area (Å²) in [5.74, 6) is 0.791. The first-order valence-electron chi connectivity index (χ1n) is 4.38. The van der Waals surface area contributed by atoms with Crippen molar-refractivity contribution in [2.24, 2.45) is 0 Å². The van der Waals surface area contributed by atoms with Crippen LogP contribution in [-0.4, -0.2) is 16.4 Å². The summed E-state index contributed by atoms with van der Waals surface area (Å²) >= 11 is 1.38. The molecule has 0 saturated carbocycles. The van der Waals surface area contributed by atoms with Gasteiger partial charge in [-0.15, -0.1) is 0 Å². The van der Waals surface area contributed by atoms with Crippen molar-refractivity contribution in [1.29, 1.82) is 0 Å². The molecule has 0 aliphatic rings. The molecule has 0 aliphatic carbocycles. The molecule has 0 radical (unpaired) electrons. The predicted molar refractivity (Wildman–Crippen MR) is 59.6 cm³/mol. The van der Waals surface area contributed by atoms with Crippen LogP contribution in [0.25, 0.3) is 11.4 Å². The van der Waals surface area contributed by atoms with Gasteiger partial charge in [-0.3, -0.25) is 0 Å². The van der Waals surface area contributed by atoms with Crippen LogP contribution in [0.2, 0.25) is 0 Å². The Hall–Kier alpha value is -1.42. The zero-order valence-electron chi connectivity index (χ0n) is 8.11. The largest absolute Gasteiger partial charge is 0.363 e. The number of aryl methyl sites for hydroxylation is 1. The molecular formula is C10H11N3S. The third kappa shape index (κ3) is 1.75. The van der Waals surface area contributed by atoms with Gasteiger partial charge in [0.15, 0.2) is 5.82 Å². The van der Waals surface area contributed by atoms with E-state index in [4.69, 9.17) is 0 Å².